The van der Waals surface area contributed by atoms with Gasteiger partial charge in [0.25, 0.3) is 11.6 Å². The number of nitrogens with one attached hydrogen (secondary N) is 2. The molecule has 0 fully saturated rings. The monoisotopic (exact) mass is 349 g/mol. The minimum absolute atomic E-state index is 0.141. The molecule has 2 aromatic carbocycles. The van der Waals surface area contributed by atoms with Gasteiger partial charge in [-0.15, -0.1) is 0 Å². The molecule has 7 heteroatoms. The molecule has 2 aromatic rings. The largest absolute Gasteiger partial charge is 0.382 e. The summed E-state index contributed by atoms with van der Waals surface area (Å²) >= 11 is 3.33. The fourth-order valence-electron chi connectivity index (χ4n) is 1.90. The molecule has 2 rings (SSSR count). The van der Waals surface area contributed by atoms with E-state index < -0.39 is 10.8 Å². The molecule has 0 aliphatic rings. The van der Waals surface area contributed by atoms with E-state index in [1.54, 1.807) is 18.2 Å². The van der Waals surface area contributed by atoms with Gasteiger partial charge in [-0.1, -0.05) is 18.2 Å². The SMILES string of the molecule is CNc1c(C(=O)Nc2ccccc2Br)cccc1[N+](=O)[O-]. The molecule has 0 aliphatic carbocycles. The van der Waals surface area contributed by atoms with E-state index in [9.17, 15) is 14.9 Å². The van der Waals surface area contributed by atoms with Crippen molar-refractivity contribution in [3.63, 3.8) is 0 Å². The number of amides is 1. The van der Waals surface area contributed by atoms with Crippen molar-refractivity contribution in [2.45, 2.75) is 0 Å². The second-order valence-electron chi connectivity index (χ2n) is 4.14. The Morgan fingerprint density at radius 1 is 1.19 bits per heavy atom. The van der Waals surface area contributed by atoms with Crippen LogP contribution in [-0.4, -0.2) is 17.9 Å². The lowest BCUT2D eigenvalue weighted by Gasteiger charge is -2.11. The van der Waals surface area contributed by atoms with Crippen molar-refractivity contribution >= 4 is 38.9 Å². The number of benzene rings is 2. The van der Waals surface area contributed by atoms with Gasteiger partial charge in [0, 0.05) is 17.6 Å². The number of halogens is 1. The number of para-hydroxylation sites is 2. The first-order valence-corrected chi connectivity index (χ1v) is 6.85. The van der Waals surface area contributed by atoms with Crippen LogP contribution in [0.2, 0.25) is 0 Å². The molecule has 0 unspecified atom stereocenters. The third-order valence-electron chi connectivity index (χ3n) is 2.86. The molecule has 0 heterocycles. The minimum Gasteiger partial charge on any atom is -0.382 e. The second-order valence-corrected chi connectivity index (χ2v) is 5.00. The Kier molecular flexibility index (Phi) is 4.54. The zero-order chi connectivity index (χ0) is 15.4. The molecule has 0 saturated carbocycles. The topological polar surface area (TPSA) is 84.3 Å². The Labute approximate surface area is 129 Å². The third-order valence-corrected chi connectivity index (χ3v) is 3.55. The molecule has 0 radical (unpaired) electrons. The summed E-state index contributed by atoms with van der Waals surface area (Å²) in [6.45, 7) is 0. The van der Waals surface area contributed by atoms with Crippen LogP contribution in [0.1, 0.15) is 10.4 Å². The molecule has 2 N–H and O–H groups in total. The van der Waals surface area contributed by atoms with Crippen LogP contribution in [0.25, 0.3) is 0 Å². The quantitative estimate of drug-likeness (QED) is 0.651. The summed E-state index contributed by atoms with van der Waals surface area (Å²) in [5.41, 5.74) is 0.850. The number of nitro groups is 1. The van der Waals surface area contributed by atoms with Crippen LogP contribution in [0, 0.1) is 10.1 Å². The van der Waals surface area contributed by atoms with Gasteiger partial charge in [0.05, 0.1) is 16.2 Å². The standard InChI is InChI=1S/C14H12BrN3O3/c1-16-13-9(5-4-8-12(13)18(20)21)14(19)17-11-7-3-2-6-10(11)15/h2-8,16H,1H3,(H,17,19). The molecule has 0 atom stereocenters. The Hall–Kier alpha value is -2.41. The van der Waals surface area contributed by atoms with Gasteiger partial charge in [-0.25, -0.2) is 0 Å². The number of nitro benzene ring substituents is 1. The number of anilines is 2. The van der Waals surface area contributed by atoms with Gasteiger partial charge in [0.1, 0.15) is 5.69 Å². The van der Waals surface area contributed by atoms with Gasteiger partial charge >= 0.3 is 0 Å². The van der Waals surface area contributed by atoms with Crippen LogP contribution in [0.5, 0.6) is 0 Å². The molecule has 108 valence electrons. The Morgan fingerprint density at radius 2 is 1.90 bits per heavy atom. The fourth-order valence-corrected chi connectivity index (χ4v) is 2.28. The molecule has 0 saturated heterocycles. The highest BCUT2D eigenvalue weighted by Crippen LogP contribution is 2.29. The smallest absolute Gasteiger partial charge is 0.293 e. The molecular weight excluding hydrogens is 338 g/mol. The number of hydrogen-bond acceptors (Lipinski definition) is 4. The van der Waals surface area contributed by atoms with Crippen molar-refractivity contribution in [2.75, 3.05) is 17.7 Å². The van der Waals surface area contributed by atoms with E-state index in [0.29, 0.717) is 5.69 Å². The molecule has 0 bridgehead atoms. The first-order chi connectivity index (χ1) is 10.0. The van der Waals surface area contributed by atoms with Gasteiger partial charge in [-0.3, -0.25) is 14.9 Å². The van der Waals surface area contributed by atoms with E-state index >= 15 is 0 Å². The summed E-state index contributed by atoms with van der Waals surface area (Å²) < 4.78 is 0.731. The van der Waals surface area contributed by atoms with E-state index in [4.69, 9.17) is 0 Å². The lowest BCUT2D eigenvalue weighted by atomic mass is 10.1. The van der Waals surface area contributed by atoms with Crippen molar-refractivity contribution in [1.82, 2.24) is 0 Å². The van der Waals surface area contributed by atoms with Crippen LogP contribution >= 0.6 is 15.9 Å². The fraction of sp³-hybridized carbons (Fsp3) is 0.0714. The summed E-state index contributed by atoms with van der Waals surface area (Å²) in [5, 5.41) is 16.4. The van der Waals surface area contributed by atoms with Gasteiger partial charge in [-0.2, -0.15) is 0 Å². The van der Waals surface area contributed by atoms with Gasteiger partial charge in [-0.05, 0) is 34.1 Å². The van der Waals surface area contributed by atoms with E-state index in [1.807, 2.05) is 6.07 Å². The highest BCUT2D eigenvalue weighted by Gasteiger charge is 2.20. The predicted octanol–water partition coefficient (Wildman–Crippen LogP) is 3.65. The maximum atomic E-state index is 12.3. The summed E-state index contributed by atoms with van der Waals surface area (Å²) in [6, 6.07) is 11.5. The van der Waals surface area contributed by atoms with Crippen molar-refractivity contribution in [3.05, 3.63) is 62.6 Å². The number of hydrogen-bond donors (Lipinski definition) is 2. The highest BCUT2D eigenvalue weighted by molar-refractivity contribution is 9.10. The van der Waals surface area contributed by atoms with E-state index in [0.717, 1.165) is 4.47 Å². The minimum atomic E-state index is -0.527. The molecule has 0 aromatic heterocycles. The first kappa shape index (κ1) is 15.0. The van der Waals surface area contributed by atoms with E-state index in [-0.39, 0.29) is 16.9 Å². The average molecular weight is 350 g/mol. The normalized spacial score (nSPS) is 10.0. The zero-order valence-electron chi connectivity index (χ0n) is 11.1. The van der Waals surface area contributed by atoms with Gasteiger partial charge in [0.15, 0.2) is 0 Å². The van der Waals surface area contributed by atoms with Crippen LogP contribution < -0.4 is 10.6 Å². The van der Waals surface area contributed by atoms with Gasteiger partial charge in [0.2, 0.25) is 0 Å². The summed E-state index contributed by atoms with van der Waals surface area (Å²) in [6.07, 6.45) is 0. The van der Waals surface area contributed by atoms with Crippen molar-refractivity contribution < 1.29 is 9.72 Å². The van der Waals surface area contributed by atoms with Crippen molar-refractivity contribution in [2.24, 2.45) is 0 Å². The highest BCUT2D eigenvalue weighted by atomic mass is 79.9. The maximum absolute atomic E-state index is 12.3. The van der Waals surface area contributed by atoms with Crippen LogP contribution in [0.15, 0.2) is 46.9 Å². The number of nitrogens with zero attached hydrogens (tertiary/aromatic N) is 1. The molecule has 0 aliphatic heterocycles. The Morgan fingerprint density at radius 3 is 2.52 bits per heavy atom. The zero-order valence-corrected chi connectivity index (χ0v) is 12.7. The van der Waals surface area contributed by atoms with Crippen molar-refractivity contribution in [3.8, 4) is 0 Å². The Bertz CT molecular complexity index is 704. The third kappa shape index (κ3) is 3.19. The molecule has 0 spiro atoms. The number of carbonyl (C=O) groups excluding carboxylic acids is 1. The lowest BCUT2D eigenvalue weighted by molar-refractivity contribution is -0.384. The van der Waals surface area contributed by atoms with Crippen molar-refractivity contribution in [1.29, 1.82) is 0 Å². The second kappa shape index (κ2) is 6.36. The van der Waals surface area contributed by atoms with Crippen LogP contribution in [0.3, 0.4) is 0 Å². The predicted molar refractivity (Wildman–Crippen MR) is 84.7 cm³/mol. The van der Waals surface area contributed by atoms with Crippen LogP contribution in [0.4, 0.5) is 17.1 Å². The molecule has 21 heavy (non-hydrogen) atoms. The van der Waals surface area contributed by atoms with Gasteiger partial charge < -0.3 is 10.6 Å². The summed E-state index contributed by atoms with van der Waals surface area (Å²) in [5.74, 6) is -0.421. The average Bonchev–Trinajstić information content (AvgIpc) is 2.48. The Balaban J connectivity index is 2.38. The first-order valence-electron chi connectivity index (χ1n) is 6.05. The van der Waals surface area contributed by atoms with Crippen LogP contribution in [-0.2, 0) is 0 Å². The van der Waals surface area contributed by atoms with E-state index in [1.165, 1.54) is 25.2 Å². The lowest BCUT2D eigenvalue weighted by Crippen LogP contribution is -2.15. The number of rotatable bonds is 4. The maximum Gasteiger partial charge on any atom is 0.293 e. The van der Waals surface area contributed by atoms with E-state index in [2.05, 4.69) is 26.6 Å². The molecular formula is C14H12BrN3O3. The number of carbonyl (C=O) groups is 1. The summed E-state index contributed by atoms with van der Waals surface area (Å²) in [4.78, 5) is 22.8. The molecule has 1 amide bonds. The molecule has 6 nitrogen and oxygen atoms in total. The summed E-state index contributed by atoms with van der Waals surface area (Å²) in [7, 11) is 1.54.